The molecule has 0 aromatic heterocycles. The Morgan fingerprint density at radius 2 is 2.07 bits per heavy atom. The van der Waals surface area contributed by atoms with Gasteiger partial charge in [0.05, 0.1) is 31.7 Å². The molecule has 82 valence electrons. The highest BCUT2D eigenvalue weighted by Gasteiger charge is 2.16. The van der Waals surface area contributed by atoms with E-state index in [0.29, 0.717) is 5.69 Å². The first-order valence-electron chi connectivity index (χ1n) is 5.08. The molecule has 1 heterocycles. The van der Waals surface area contributed by atoms with Gasteiger partial charge in [-0.15, -0.1) is 0 Å². The van der Waals surface area contributed by atoms with Crippen molar-refractivity contribution in [1.82, 2.24) is 0 Å². The summed E-state index contributed by atoms with van der Waals surface area (Å²) in [5.41, 5.74) is 7.59. The van der Waals surface area contributed by atoms with Crippen molar-refractivity contribution in [2.24, 2.45) is 0 Å². The van der Waals surface area contributed by atoms with Crippen LogP contribution in [0.4, 0.5) is 11.4 Å². The van der Waals surface area contributed by atoms with E-state index >= 15 is 0 Å². The molecule has 4 nitrogen and oxygen atoms in total. The van der Waals surface area contributed by atoms with E-state index in [0.717, 1.165) is 37.7 Å². The highest BCUT2D eigenvalue weighted by atomic mass is 16.5. The van der Waals surface area contributed by atoms with Crippen LogP contribution in [-0.4, -0.2) is 33.4 Å². The predicted molar refractivity (Wildman–Crippen MR) is 60.4 cm³/mol. The third-order valence-corrected chi connectivity index (χ3v) is 2.58. The second-order valence-corrected chi connectivity index (χ2v) is 3.50. The summed E-state index contributed by atoms with van der Waals surface area (Å²) >= 11 is 0. The molecule has 2 N–H and O–H groups in total. The summed E-state index contributed by atoms with van der Waals surface area (Å²) in [4.78, 5) is 2.23. The van der Waals surface area contributed by atoms with Crippen LogP contribution in [0.3, 0.4) is 0 Å². The molecule has 0 saturated carbocycles. The first-order chi connectivity index (χ1) is 7.33. The van der Waals surface area contributed by atoms with Crippen LogP contribution in [0.5, 0.6) is 5.75 Å². The predicted octanol–water partition coefficient (Wildman–Crippen LogP) is 1.11. The average molecular weight is 208 g/mol. The molecule has 4 heteroatoms. The Bertz CT molecular complexity index is 335. The lowest BCUT2D eigenvalue weighted by molar-refractivity contribution is 0.122. The van der Waals surface area contributed by atoms with Crippen molar-refractivity contribution in [2.45, 2.75) is 0 Å². The first kappa shape index (κ1) is 10.1. The zero-order valence-corrected chi connectivity index (χ0v) is 8.90. The van der Waals surface area contributed by atoms with Gasteiger partial charge >= 0.3 is 0 Å². The Balaban J connectivity index is 2.29. The van der Waals surface area contributed by atoms with Crippen LogP contribution in [0, 0.1) is 0 Å². The lowest BCUT2D eigenvalue weighted by Gasteiger charge is -2.30. The van der Waals surface area contributed by atoms with Crippen LogP contribution >= 0.6 is 0 Å². The Morgan fingerprint density at radius 1 is 1.33 bits per heavy atom. The molecule has 1 saturated heterocycles. The van der Waals surface area contributed by atoms with Crippen molar-refractivity contribution < 1.29 is 9.47 Å². The quantitative estimate of drug-likeness (QED) is 0.740. The molecule has 2 rings (SSSR count). The third kappa shape index (κ3) is 1.99. The van der Waals surface area contributed by atoms with E-state index in [9.17, 15) is 0 Å². The molecule has 1 fully saturated rings. The topological polar surface area (TPSA) is 47.7 Å². The minimum Gasteiger partial charge on any atom is -0.492 e. The molecule has 0 amide bonds. The summed E-state index contributed by atoms with van der Waals surface area (Å²) in [6.07, 6.45) is 0. The number of benzene rings is 1. The van der Waals surface area contributed by atoms with Crippen molar-refractivity contribution >= 4 is 11.4 Å². The van der Waals surface area contributed by atoms with E-state index in [1.807, 2.05) is 18.2 Å². The highest BCUT2D eigenvalue weighted by Crippen LogP contribution is 2.33. The van der Waals surface area contributed by atoms with Crippen molar-refractivity contribution in [2.75, 3.05) is 44.0 Å². The van der Waals surface area contributed by atoms with Crippen LogP contribution in [0.25, 0.3) is 0 Å². The van der Waals surface area contributed by atoms with Gasteiger partial charge in [-0.05, 0) is 12.1 Å². The fraction of sp³-hybridized carbons (Fsp3) is 0.455. The number of anilines is 2. The lowest BCUT2D eigenvalue weighted by atomic mass is 10.2. The standard InChI is InChI=1S/C11H16N2O2/c1-14-11-9(12)3-2-4-10(11)13-5-7-15-8-6-13/h2-4H,5-8,12H2,1H3. The minimum absolute atomic E-state index is 0.682. The molecule has 1 aromatic rings. The zero-order valence-electron chi connectivity index (χ0n) is 8.90. The summed E-state index contributed by atoms with van der Waals surface area (Å²) in [6.45, 7) is 3.30. The third-order valence-electron chi connectivity index (χ3n) is 2.58. The summed E-state index contributed by atoms with van der Waals surface area (Å²) in [5.74, 6) is 0.763. The normalized spacial score (nSPS) is 16.5. The molecule has 1 aromatic carbocycles. The van der Waals surface area contributed by atoms with E-state index in [1.165, 1.54) is 0 Å². The molecule has 0 spiro atoms. The van der Waals surface area contributed by atoms with Gasteiger partial charge in [-0.2, -0.15) is 0 Å². The highest BCUT2D eigenvalue weighted by molar-refractivity contribution is 5.70. The van der Waals surface area contributed by atoms with Gasteiger partial charge < -0.3 is 20.1 Å². The Morgan fingerprint density at radius 3 is 2.73 bits per heavy atom. The number of methoxy groups -OCH3 is 1. The van der Waals surface area contributed by atoms with Crippen molar-refractivity contribution in [3.8, 4) is 5.75 Å². The number of nitrogens with two attached hydrogens (primary N) is 1. The number of morpholine rings is 1. The molecule has 15 heavy (non-hydrogen) atoms. The molecule has 0 unspecified atom stereocenters. The van der Waals surface area contributed by atoms with E-state index in [1.54, 1.807) is 7.11 Å². The first-order valence-corrected chi connectivity index (χ1v) is 5.08. The molecule has 1 aliphatic heterocycles. The van der Waals surface area contributed by atoms with Gasteiger partial charge in [0.25, 0.3) is 0 Å². The molecule has 0 atom stereocenters. The molecular formula is C11H16N2O2. The average Bonchev–Trinajstić information content (AvgIpc) is 2.30. The van der Waals surface area contributed by atoms with Gasteiger partial charge in [0, 0.05) is 13.1 Å². The molecule has 0 bridgehead atoms. The SMILES string of the molecule is COc1c(N)cccc1N1CCOCC1. The minimum atomic E-state index is 0.682. The number of hydrogen-bond donors (Lipinski definition) is 1. The van der Waals surface area contributed by atoms with Crippen molar-refractivity contribution in [3.05, 3.63) is 18.2 Å². The van der Waals surface area contributed by atoms with Crippen LogP contribution in [-0.2, 0) is 4.74 Å². The van der Waals surface area contributed by atoms with Crippen LogP contribution < -0.4 is 15.4 Å². The van der Waals surface area contributed by atoms with E-state index in [2.05, 4.69) is 4.90 Å². The summed E-state index contributed by atoms with van der Waals surface area (Å²) in [6, 6.07) is 5.83. The lowest BCUT2D eigenvalue weighted by Crippen LogP contribution is -2.36. The zero-order chi connectivity index (χ0) is 10.7. The largest absolute Gasteiger partial charge is 0.492 e. The van der Waals surface area contributed by atoms with Crippen LogP contribution in [0.15, 0.2) is 18.2 Å². The fourth-order valence-electron chi connectivity index (χ4n) is 1.82. The monoisotopic (exact) mass is 208 g/mol. The van der Waals surface area contributed by atoms with Gasteiger partial charge in [-0.3, -0.25) is 0 Å². The summed E-state index contributed by atoms with van der Waals surface area (Å²) < 4.78 is 10.6. The number of rotatable bonds is 2. The van der Waals surface area contributed by atoms with Crippen molar-refractivity contribution in [1.29, 1.82) is 0 Å². The summed E-state index contributed by atoms with van der Waals surface area (Å²) in [5, 5.41) is 0. The van der Waals surface area contributed by atoms with Crippen LogP contribution in [0.1, 0.15) is 0 Å². The smallest absolute Gasteiger partial charge is 0.165 e. The van der Waals surface area contributed by atoms with E-state index in [-0.39, 0.29) is 0 Å². The van der Waals surface area contributed by atoms with E-state index in [4.69, 9.17) is 15.2 Å². The van der Waals surface area contributed by atoms with Gasteiger partial charge in [0.1, 0.15) is 0 Å². The number of ether oxygens (including phenoxy) is 2. The van der Waals surface area contributed by atoms with Gasteiger partial charge in [-0.1, -0.05) is 6.07 Å². The number of nitrogen functional groups attached to an aromatic ring is 1. The molecule has 0 radical (unpaired) electrons. The second-order valence-electron chi connectivity index (χ2n) is 3.50. The maximum Gasteiger partial charge on any atom is 0.165 e. The maximum absolute atomic E-state index is 5.86. The Hall–Kier alpha value is -1.42. The van der Waals surface area contributed by atoms with Gasteiger partial charge in [0.2, 0.25) is 0 Å². The van der Waals surface area contributed by atoms with Crippen LogP contribution in [0.2, 0.25) is 0 Å². The Labute approximate surface area is 89.6 Å². The number of para-hydroxylation sites is 1. The maximum atomic E-state index is 5.86. The number of hydrogen-bond acceptors (Lipinski definition) is 4. The number of nitrogens with zero attached hydrogens (tertiary/aromatic N) is 1. The molecular weight excluding hydrogens is 192 g/mol. The molecule has 0 aliphatic carbocycles. The van der Waals surface area contributed by atoms with Gasteiger partial charge in [-0.25, -0.2) is 0 Å². The fourth-order valence-corrected chi connectivity index (χ4v) is 1.82. The van der Waals surface area contributed by atoms with E-state index < -0.39 is 0 Å². The molecule has 1 aliphatic rings. The Kier molecular flexibility index (Phi) is 2.97. The van der Waals surface area contributed by atoms with Crippen molar-refractivity contribution in [3.63, 3.8) is 0 Å². The second kappa shape index (κ2) is 4.40. The summed E-state index contributed by atoms with van der Waals surface area (Å²) in [7, 11) is 1.65. The van der Waals surface area contributed by atoms with Gasteiger partial charge in [0.15, 0.2) is 5.75 Å².